The molecule has 50 valence electrons. The Balaban J connectivity index is 2.09. The van der Waals surface area contributed by atoms with E-state index in [1.165, 1.54) is 25.8 Å². The number of hydrogen-bond donors (Lipinski definition) is 0. The van der Waals surface area contributed by atoms with Gasteiger partial charge in [0.05, 0.1) is 0 Å². The average Bonchev–Trinajstić information content (AvgIpc) is 2.60. The lowest BCUT2D eigenvalue weighted by Crippen LogP contribution is -2.20. The number of hydrogen-bond acceptors (Lipinski definition) is 1. The molecule has 0 aromatic carbocycles. The second-order valence-corrected chi connectivity index (χ2v) is 3.41. The van der Waals surface area contributed by atoms with Gasteiger partial charge in [0.25, 0.3) is 0 Å². The number of allylic oxidation sites excluding steroid dienone is 1. The molecule has 0 N–H and O–H groups in total. The Morgan fingerprint density at radius 1 is 1.33 bits per heavy atom. The maximum atomic E-state index is 2.39. The first-order chi connectivity index (χ1) is 4.31. The highest BCUT2D eigenvalue weighted by Crippen LogP contribution is 2.51. The molecule has 0 aromatic heterocycles. The van der Waals surface area contributed by atoms with Crippen molar-refractivity contribution in [3.63, 3.8) is 0 Å². The lowest BCUT2D eigenvalue weighted by atomic mass is 10.00. The molecular weight excluding hydrogens is 110 g/mol. The van der Waals surface area contributed by atoms with E-state index in [2.05, 4.69) is 24.2 Å². The summed E-state index contributed by atoms with van der Waals surface area (Å²) in [6, 6.07) is 0. The normalized spacial score (nSPS) is 29.2. The monoisotopic (exact) mass is 123 g/mol. The second kappa shape index (κ2) is 1.53. The molecule has 1 saturated carbocycles. The molecule has 0 bridgehead atoms. The average molecular weight is 123 g/mol. The molecule has 0 saturated heterocycles. The molecule has 1 fully saturated rings. The molecule has 0 amide bonds. The van der Waals surface area contributed by atoms with Crippen molar-refractivity contribution in [1.29, 1.82) is 0 Å². The standard InChI is InChI=1S/C8H13N/c1-9-6-4-8(2-3-8)5-7-9/h4,6H,2-3,5,7H2,1H3. The molecule has 1 heteroatoms. The van der Waals surface area contributed by atoms with Crippen LogP contribution >= 0.6 is 0 Å². The number of nitrogens with zero attached hydrogens (tertiary/aromatic N) is 1. The van der Waals surface area contributed by atoms with Gasteiger partial charge in [-0.15, -0.1) is 0 Å². The van der Waals surface area contributed by atoms with Gasteiger partial charge in [-0.25, -0.2) is 0 Å². The van der Waals surface area contributed by atoms with Crippen LogP contribution in [0.4, 0.5) is 0 Å². The van der Waals surface area contributed by atoms with E-state index in [1.54, 1.807) is 0 Å². The molecule has 0 aromatic rings. The summed E-state index contributed by atoms with van der Waals surface area (Å²) >= 11 is 0. The highest BCUT2D eigenvalue weighted by Gasteiger charge is 2.40. The van der Waals surface area contributed by atoms with Crippen molar-refractivity contribution in [3.05, 3.63) is 12.3 Å². The summed E-state index contributed by atoms with van der Waals surface area (Å²) in [4.78, 5) is 2.27. The van der Waals surface area contributed by atoms with Crippen molar-refractivity contribution < 1.29 is 0 Å². The van der Waals surface area contributed by atoms with Crippen molar-refractivity contribution in [2.45, 2.75) is 19.3 Å². The van der Waals surface area contributed by atoms with Crippen LogP contribution in [0.5, 0.6) is 0 Å². The van der Waals surface area contributed by atoms with Crippen LogP contribution < -0.4 is 0 Å². The van der Waals surface area contributed by atoms with E-state index in [4.69, 9.17) is 0 Å². The largest absolute Gasteiger partial charge is 0.381 e. The van der Waals surface area contributed by atoms with Crippen LogP contribution in [0, 0.1) is 5.41 Å². The minimum Gasteiger partial charge on any atom is -0.381 e. The third kappa shape index (κ3) is 0.846. The summed E-state index contributed by atoms with van der Waals surface area (Å²) in [6.07, 6.45) is 8.89. The van der Waals surface area contributed by atoms with Crippen molar-refractivity contribution in [3.8, 4) is 0 Å². The summed E-state index contributed by atoms with van der Waals surface area (Å²) in [6.45, 7) is 1.26. The van der Waals surface area contributed by atoms with Crippen molar-refractivity contribution in [2.24, 2.45) is 5.41 Å². The van der Waals surface area contributed by atoms with Crippen LogP contribution in [0.25, 0.3) is 0 Å². The van der Waals surface area contributed by atoms with Gasteiger partial charge in [0.1, 0.15) is 0 Å². The maximum absolute atomic E-state index is 2.39. The van der Waals surface area contributed by atoms with E-state index < -0.39 is 0 Å². The van der Waals surface area contributed by atoms with Gasteiger partial charge in [-0.1, -0.05) is 6.08 Å². The highest BCUT2D eigenvalue weighted by atomic mass is 15.1. The molecule has 0 radical (unpaired) electrons. The summed E-state index contributed by atoms with van der Waals surface area (Å²) < 4.78 is 0. The van der Waals surface area contributed by atoms with Gasteiger partial charge in [0.15, 0.2) is 0 Å². The Hall–Kier alpha value is -0.460. The Morgan fingerprint density at radius 2 is 2.11 bits per heavy atom. The molecule has 0 atom stereocenters. The fourth-order valence-corrected chi connectivity index (χ4v) is 1.42. The van der Waals surface area contributed by atoms with Crippen molar-refractivity contribution in [2.75, 3.05) is 13.6 Å². The molecule has 1 spiro atoms. The van der Waals surface area contributed by atoms with Crippen LogP contribution in [0.2, 0.25) is 0 Å². The van der Waals surface area contributed by atoms with Gasteiger partial charge in [-0.2, -0.15) is 0 Å². The quantitative estimate of drug-likeness (QED) is 0.473. The summed E-state index contributed by atoms with van der Waals surface area (Å²) in [5, 5.41) is 0. The zero-order valence-corrected chi connectivity index (χ0v) is 5.93. The third-order valence-corrected chi connectivity index (χ3v) is 2.54. The molecule has 0 unspecified atom stereocenters. The molecular formula is C8H13N. The van der Waals surface area contributed by atoms with Crippen LogP contribution in [0.3, 0.4) is 0 Å². The minimum atomic E-state index is 0.687. The van der Waals surface area contributed by atoms with E-state index in [0.29, 0.717) is 5.41 Å². The van der Waals surface area contributed by atoms with Crippen molar-refractivity contribution >= 4 is 0 Å². The highest BCUT2D eigenvalue weighted by molar-refractivity contribution is 5.11. The summed E-state index contributed by atoms with van der Waals surface area (Å²) in [5.74, 6) is 0. The molecule has 2 rings (SSSR count). The fourth-order valence-electron chi connectivity index (χ4n) is 1.42. The minimum absolute atomic E-state index is 0.687. The maximum Gasteiger partial charge on any atom is 0.0177 e. The fraction of sp³-hybridized carbons (Fsp3) is 0.750. The first kappa shape index (κ1) is 5.33. The van der Waals surface area contributed by atoms with Crippen LogP contribution in [0.15, 0.2) is 12.3 Å². The Morgan fingerprint density at radius 3 is 2.56 bits per heavy atom. The molecule has 1 aliphatic heterocycles. The first-order valence-corrected chi connectivity index (χ1v) is 3.70. The van der Waals surface area contributed by atoms with Gasteiger partial charge < -0.3 is 4.90 Å². The molecule has 1 heterocycles. The Labute approximate surface area is 56.4 Å². The lowest BCUT2D eigenvalue weighted by molar-refractivity contribution is 0.367. The van der Waals surface area contributed by atoms with Gasteiger partial charge in [-0.3, -0.25) is 0 Å². The number of rotatable bonds is 0. The molecule has 2 aliphatic rings. The second-order valence-electron chi connectivity index (χ2n) is 3.41. The van der Waals surface area contributed by atoms with E-state index in [0.717, 1.165) is 0 Å². The third-order valence-electron chi connectivity index (χ3n) is 2.54. The van der Waals surface area contributed by atoms with E-state index in [9.17, 15) is 0 Å². The van der Waals surface area contributed by atoms with Crippen LogP contribution in [-0.4, -0.2) is 18.5 Å². The summed E-state index contributed by atoms with van der Waals surface area (Å²) in [7, 11) is 2.14. The lowest BCUT2D eigenvalue weighted by Gasteiger charge is -2.23. The molecule has 9 heavy (non-hydrogen) atoms. The van der Waals surface area contributed by atoms with Crippen LogP contribution in [-0.2, 0) is 0 Å². The van der Waals surface area contributed by atoms with Crippen LogP contribution in [0.1, 0.15) is 19.3 Å². The van der Waals surface area contributed by atoms with Gasteiger partial charge in [0.2, 0.25) is 0 Å². The predicted octanol–water partition coefficient (Wildman–Crippen LogP) is 1.62. The van der Waals surface area contributed by atoms with E-state index in [1.807, 2.05) is 0 Å². The van der Waals surface area contributed by atoms with Gasteiger partial charge in [0, 0.05) is 13.6 Å². The Bertz CT molecular complexity index is 145. The Kier molecular flexibility index (Phi) is 0.904. The SMILES string of the molecule is CN1C=CC2(CC1)CC2. The summed E-state index contributed by atoms with van der Waals surface area (Å²) in [5.41, 5.74) is 0.687. The van der Waals surface area contributed by atoms with E-state index >= 15 is 0 Å². The zero-order valence-electron chi connectivity index (χ0n) is 5.93. The van der Waals surface area contributed by atoms with E-state index in [-0.39, 0.29) is 0 Å². The smallest absolute Gasteiger partial charge is 0.0177 e. The van der Waals surface area contributed by atoms with Gasteiger partial charge in [-0.05, 0) is 30.9 Å². The molecule has 1 nitrogen and oxygen atoms in total. The predicted molar refractivity (Wildman–Crippen MR) is 38.1 cm³/mol. The topological polar surface area (TPSA) is 3.24 Å². The zero-order chi connectivity index (χ0) is 6.32. The first-order valence-electron chi connectivity index (χ1n) is 3.70. The van der Waals surface area contributed by atoms with Gasteiger partial charge >= 0.3 is 0 Å². The molecule has 1 aliphatic carbocycles. The van der Waals surface area contributed by atoms with Crippen molar-refractivity contribution in [1.82, 2.24) is 4.90 Å².